The van der Waals surface area contributed by atoms with E-state index in [9.17, 15) is 0 Å². The van der Waals surface area contributed by atoms with Crippen molar-refractivity contribution >= 4 is 16.5 Å². The van der Waals surface area contributed by atoms with Gasteiger partial charge in [-0.05, 0) is 40.5 Å². The second-order valence-electron chi connectivity index (χ2n) is 6.12. The van der Waals surface area contributed by atoms with Crippen LogP contribution in [0.2, 0.25) is 0 Å². The molecule has 0 aromatic carbocycles. The standard InChI is InChI=1S/C13H23N3OS/c1-6-7-10-15-16-11(18-10)14-9-8-12(2,3)17-13(9,4)5/h9H,6-8H2,1-5H3,(H,14,16). The number of anilines is 1. The van der Waals surface area contributed by atoms with Crippen molar-refractivity contribution in [2.75, 3.05) is 5.32 Å². The van der Waals surface area contributed by atoms with Gasteiger partial charge in [0.2, 0.25) is 5.13 Å². The highest BCUT2D eigenvalue weighted by Gasteiger charge is 2.46. The molecule has 0 radical (unpaired) electrons. The van der Waals surface area contributed by atoms with Crippen LogP contribution in [0.5, 0.6) is 0 Å². The van der Waals surface area contributed by atoms with Crippen LogP contribution in [-0.4, -0.2) is 27.4 Å². The molecule has 1 N–H and O–H groups in total. The molecule has 0 saturated carbocycles. The summed E-state index contributed by atoms with van der Waals surface area (Å²) in [6, 6.07) is 0.287. The highest BCUT2D eigenvalue weighted by atomic mass is 32.1. The predicted molar refractivity (Wildman–Crippen MR) is 75.2 cm³/mol. The maximum absolute atomic E-state index is 6.07. The van der Waals surface area contributed by atoms with Gasteiger partial charge in [-0.25, -0.2) is 0 Å². The lowest BCUT2D eigenvalue weighted by atomic mass is 9.95. The predicted octanol–water partition coefficient (Wildman–Crippen LogP) is 3.25. The molecule has 0 aliphatic carbocycles. The van der Waals surface area contributed by atoms with E-state index in [0.29, 0.717) is 0 Å². The average Bonchev–Trinajstić information content (AvgIpc) is 2.70. The summed E-state index contributed by atoms with van der Waals surface area (Å²) in [7, 11) is 0. The number of nitrogens with zero attached hydrogens (tertiary/aromatic N) is 2. The zero-order chi connectivity index (χ0) is 13.4. The summed E-state index contributed by atoms with van der Waals surface area (Å²) in [5.41, 5.74) is -0.238. The maximum Gasteiger partial charge on any atom is 0.205 e. The number of aryl methyl sites for hydroxylation is 1. The fraction of sp³-hybridized carbons (Fsp3) is 0.846. The van der Waals surface area contributed by atoms with Crippen molar-refractivity contribution < 1.29 is 4.74 Å². The first-order valence-corrected chi connectivity index (χ1v) is 7.43. The van der Waals surface area contributed by atoms with E-state index in [-0.39, 0.29) is 17.2 Å². The van der Waals surface area contributed by atoms with E-state index in [4.69, 9.17) is 4.74 Å². The fourth-order valence-corrected chi connectivity index (χ4v) is 3.46. The van der Waals surface area contributed by atoms with Crippen molar-refractivity contribution in [1.29, 1.82) is 0 Å². The average molecular weight is 269 g/mol. The minimum atomic E-state index is -0.167. The van der Waals surface area contributed by atoms with E-state index in [1.807, 2.05) is 0 Å². The van der Waals surface area contributed by atoms with E-state index in [2.05, 4.69) is 50.1 Å². The molecule has 4 nitrogen and oxygen atoms in total. The quantitative estimate of drug-likeness (QED) is 0.911. The highest BCUT2D eigenvalue weighted by Crippen LogP contribution is 2.39. The number of nitrogens with one attached hydrogen (secondary N) is 1. The van der Waals surface area contributed by atoms with Gasteiger partial charge in [-0.1, -0.05) is 18.3 Å². The van der Waals surface area contributed by atoms with Crippen molar-refractivity contribution in [3.8, 4) is 0 Å². The second-order valence-corrected chi connectivity index (χ2v) is 7.18. The lowest BCUT2D eigenvalue weighted by Crippen LogP contribution is -2.38. The summed E-state index contributed by atoms with van der Waals surface area (Å²) in [4.78, 5) is 0. The highest BCUT2D eigenvalue weighted by molar-refractivity contribution is 7.15. The lowest BCUT2D eigenvalue weighted by molar-refractivity contribution is -0.0662. The van der Waals surface area contributed by atoms with E-state index in [0.717, 1.165) is 29.4 Å². The molecule has 102 valence electrons. The van der Waals surface area contributed by atoms with Crippen molar-refractivity contribution in [3.63, 3.8) is 0 Å². The normalized spacial score (nSPS) is 25.3. The van der Waals surface area contributed by atoms with Crippen LogP contribution in [0.1, 0.15) is 52.5 Å². The summed E-state index contributed by atoms with van der Waals surface area (Å²) in [5, 5.41) is 13.9. The molecule has 5 heteroatoms. The molecule has 1 aliphatic heterocycles. The van der Waals surface area contributed by atoms with Gasteiger partial charge in [0.05, 0.1) is 17.2 Å². The van der Waals surface area contributed by atoms with Crippen LogP contribution >= 0.6 is 11.3 Å². The zero-order valence-corrected chi connectivity index (χ0v) is 12.7. The molecule has 1 fully saturated rings. The first-order chi connectivity index (χ1) is 8.32. The summed E-state index contributed by atoms with van der Waals surface area (Å²) in [6.07, 6.45) is 3.11. The van der Waals surface area contributed by atoms with E-state index in [1.54, 1.807) is 11.3 Å². The number of rotatable bonds is 4. The van der Waals surface area contributed by atoms with Gasteiger partial charge in [-0.3, -0.25) is 0 Å². The maximum atomic E-state index is 6.07. The minimum Gasteiger partial charge on any atom is -0.367 e. The van der Waals surface area contributed by atoms with Crippen LogP contribution in [0.15, 0.2) is 0 Å². The number of hydrogen-bond donors (Lipinski definition) is 1. The Morgan fingerprint density at radius 1 is 1.33 bits per heavy atom. The largest absolute Gasteiger partial charge is 0.367 e. The van der Waals surface area contributed by atoms with Crippen molar-refractivity contribution in [3.05, 3.63) is 5.01 Å². The van der Waals surface area contributed by atoms with Crippen LogP contribution in [-0.2, 0) is 11.2 Å². The first kappa shape index (κ1) is 13.7. The molecule has 1 saturated heterocycles. The van der Waals surface area contributed by atoms with Crippen LogP contribution in [0.3, 0.4) is 0 Å². The molecule has 1 aromatic heterocycles. The Labute approximate surface area is 113 Å². The van der Waals surface area contributed by atoms with Crippen molar-refractivity contribution in [1.82, 2.24) is 10.2 Å². The molecule has 2 heterocycles. The van der Waals surface area contributed by atoms with E-state index < -0.39 is 0 Å². The Balaban J connectivity index is 2.04. The lowest BCUT2D eigenvalue weighted by Gasteiger charge is -2.27. The topological polar surface area (TPSA) is 47.0 Å². The molecule has 0 amide bonds. The summed E-state index contributed by atoms with van der Waals surface area (Å²) in [5.74, 6) is 0. The summed E-state index contributed by atoms with van der Waals surface area (Å²) < 4.78 is 6.07. The van der Waals surface area contributed by atoms with Gasteiger partial charge in [0.15, 0.2) is 0 Å². The Morgan fingerprint density at radius 3 is 2.61 bits per heavy atom. The third-order valence-corrected chi connectivity index (χ3v) is 4.22. The molecule has 1 unspecified atom stereocenters. The fourth-order valence-electron chi connectivity index (χ4n) is 2.56. The molecule has 1 aromatic rings. The third kappa shape index (κ3) is 3.01. The first-order valence-electron chi connectivity index (χ1n) is 6.61. The number of ether oxygens (including phenoxy) is 1. The van der Waals surface area contributed by atoms with Crippen LogP contribution in [0, 0.1) is 0 Å². The SMILES string of the molecule is CCCc1nnc(NC2CC(C)(C)OC2(C)C)s1. The zero-order valence-electron chi connectivity index (χ0n) is 11.9. The van der Waals surface area contributed by atoms with E-state index >= 15 is 0 Å². The van der Waals surface area contributed by atoms with Crippen LogP contribution < -0.4 is 5.32 Å². The Hall–Kier alpha value is -0.680. The second kappa shape index (κ2) is 4.78. The summed E-state index contributed by atoms with van der Waals surface area (Å²) in [6.45, 7) is 10.7. The van der Waals surface area contributed by atoms with Gasteiger partial charge in [0.1, 0.15) is 5.01 Å². The van der Waals surface area contributed by atoms with Gasteiger partial charge in [0, 0.05) is 6.42 Å². The number of hydrogen-bond acceptors (Lipinski definition) is 5. The molecule has 0 spiro atoms. The van der Waals surface area contributed by atoms with Gasteiger partial charge in [-0.15, -0.1) is 10.2 Å². The molecular formula is C13H23N3OS. The summed E-state index contributed by atoms with van der Waals surface area (Å²) >= 11 is 1.66. The Kier molecular flexibility index (Phi) is 3.65. The van der Waals surface area contributed by atoms with Crippen LogP contribution in [0.25, 0.3) is 0 Å². The molecule has 18 heavy (non-hydrogen) atoms. The molecule has 1 atom stereocenters. The van der Waals surface area contributed by atoms with Gasteiger partial charge in [-0.2, -0.15) is 0 Å². The van der Waals surface area contributed by atoms with Crippen molar-refractivity contribution in [2.45, 2.75) is 71.1 Å². The molecule has 0 bridgehead atoms. The molecular weight excluding hydrogens is 246 g/mol. The monoisotopic (exact) mass is 269 g/mol. The number of aromatic nitrogens is 2. The molecule has 1 aliphatic rings. The molecule has 2 rings (SSSR count). The Bertz CT molecular complexity index is 414. The van der Waals surface area contributed by atoms with Gasteiger partial charge < -0.3 is 10.1 Å². The van der Waals surface area contributed by atoms with Crippen molar-refractivity contribution in [2.24, 2.45) is 0 Å². The minimum absolute atomic E-state index is 0.0713. The third-order valence-electron chi connectivity index (χ3n) is 3.30. The van der Waals surface area contributed by atoms with Crippen LogP contribution in [0.4, 0.5) is 5.13 Å². The smallest absolute Gasteiger partial charge is 0.205 e. The Morgan fingerprint density at radius 2 is 2.06 bits per heavy atom. The van der Waals surface area contributed by atoms with E-state index in [1.165, 1.54) is 0 Å². The van der Waals surface area contributed by atoms with Gasteiger partial charge >= 0.3 is 0 Å². The van der Waals surface area contributed by atoms with Gasteiger partial charge in [0.25, 0.3) is 0 Å².